The molecule has 0 saturated heterocycles. The Kier molecular flexibility index (Phi) is 2.85. The fraction of sp³-hybridized carbons (Fsp3) is 0.200. The Bertz CT molecular complexity index is 103. The fourth-order valence-electron chi connectivity index (χ4n) is 0.181. The van der Waals surface area contributed by atoms with Crippen molar-refractivity contribution in [3.63, 3.8) is 0 Å². The van der Waals surface area contributed by atoms with Crippen LogP contribution in [0.2, 0.25) is 0 Å². The maximum atomic E-state index is 6.63. The summed E-state index contributed by atoms with van der Waals surface area (Å²) in [4.78, 5) is 3.44. The van der Waals surface area contributed by atoms with Crippen LogP contribution in [-0.2, 0) is 0 Å². The summed E-state index contributed by atoms with van der Waals surface area (Å²) in [5, 5.41) is 6.63. The molecule has 1 N–H and O–H groups in total. The van der Waals surface area contributed by atoms with Crippen LogP contribution in [0.5, 0.6) is 0 Å². The summed E-state index contributed by atoms with van der Waals surface area (Å²) in [6.45, 7) is 5.01. The minimum absolute atomic E-state index is 0.815. The molecule has 0 atom stereocenters. The molecule has 0 unspecified atom stereocenters. The predicted octanol–water partition coefficient (Wildman–Crippen LogP) is 1.24. The molecular formula is C5H8N2. The molecule has 0 bridgehead atoms. The SMILES string of the molecule is C=N/C=C(/C)C=N. The average molecular weight is 96.1 g/mol. The number of hydrogen-bond acceptors (Lipinski definition) is 2. The van der Waals surface area contributed by atoms with E-state index in [1.165, 1.54) is 12.4 Å². The second kappa shape index (κ2) is 3.28. The van der Waals surface area contributed by atoms with E-state index in [0.717, 1.165) is 5.57 Å². The Hall–Kier alpha value is -0.920. The molecule has 2 heteroatoms. The highest BCUT2D eigenvalue weighted by molar-refractivity contribution is 5.74. The van der Waals surface area contributed by atoms with Crippen molar-refractivity contribution in [2.45, 2.75) is 6.92 Å². The highest BCUT2D eigenvalue weighted by Crippen LogP contribution is 1.83. The lowest BCUT2D eigenvalue weighted by atomic mass is 10.4. The molecule has 7 heavy (non-hydrogen) atoms. The predicted molar refractivity (Wildman–Crippen MR) is 32.1 cm³/mol. The van der Waals surface area contributed by atoms with Crippen LogP contribution < -0.4 is 0 Å². The van der Waals surface area contributed by atoms with Crippen LogP contribution in [0.15, 0.2) is 16.8 Å². The van der Waals surface area contributed by atoms with Gasteiger partial charge in [-0.3, -0.25) is 4.99 Å². The summed E-state index contributed by atoms with van der Waals surface area (Å²) < 4.78 is 0. The first-order valence-corrected chi connectivity index (χ1v) is 1.94. The summed E-state index contributed by atoms with van der Waals surface area (Å²) in [6.07, 6.45) is 2.77. The van der Waals surface area contributed by atoms with Crippen LogP contribution in [0.25, 0.3) is 0 Å². The Morgan fingerprint density at radius 3 is 2.57 bits per heavy atom. The van der Waals surface area contributed by atoms with Gasteiger partial charge in [0.15, 0.2) is 0 Å². The molecule has 0 aromatic heterocycles. The summed E-state index contributed by atoms with van der Waals surface area (Å²) in [5.41, 5.74) is 0.815. The Morgan fingerprint density at radius 2 is 2.43 bits per heavy atom. The number of allylic oxidation sites excluding steroid dienone is 1. The average Bonchev–Trinajstić information content (AvgIpc) is 1.68. The Morgan fingerprint density at radius 1 is 1.86 bits per heavy atom. The highest BCUT2D eigenvalue weighted by Gasteiger charge is 1.71. The van der Waals surface area contributed by atoms with E-state index in [1.54, 1.807) is 6.92 Å². The van der Waals surface area contributed by atoms with E-state index >= 15 is 0 Å². The maximum absolute atomic E-state index is 6.63. The first-order valence-electron chi connectivity index (χ1n) is 1.94. The zero-order chi connectivity index (χ0) is 5.70. The normalized spacial score (nSPS) is 10.7. The van der Waals surface area contributed by atoms with Gasteiger partial charge >= 0.3 is 0 Å². The summed E-state index contributed by atoms with van der Waals surface area (Å²) in [6, 6.07) is 0. The number of nitrogens with zero attached hydrogens (tertiary/aromatic N) is 1. The second-order valence-electron chi connectivity index (χ2n) is 1.20. The van der Waals surface area contributed by atoms with E-state index in [1.807, 2.05) is 0 Å². The van der Waals surface area contributed by atoms with Gasteiger partial charge in [0, 0.05) is 12.4 Å². The minimum Gasteiger partial charge on any atom is -0.308 e. The van der Waals surface area contributed by atoms with Crippen molar-refractivity contribution in [3.05, 3.63) is 11.8 Å². The fourth-order valence-corrected chi connectivity index (χ4v) is 0.181. The zero-order valence-corrected chi connectivity index (χ0v) is 4.31. The van der Waals surface area contributed by atoms with Gasteiger partial charge in [-0.05, 0) is 19.2 Å². The number of aliphatic imine (C=N–C) groups is 1. The number of rotatable bonds is 2. The molecule has 0 rings (SSSR count). The summed E-state index contributed by atoms with van der Waals surface area (Å²) in [7, 11) is 0. The lowest BCUT2D eigenvalue weighted by Gasteiger charge is -1.78. The van der Waals surface area contributed by atoms with Crippen LogP contribution in [0.4, 0.5) is 0 Å². The van der Waals surface area contributed by atoms with E-state index in [2.05, 4.69) is 11.7 Å². The van der Waals surface area contributed by atoms with Gasteiger partial charge in [-0.1, -0.05) is 0 Å². The Balaban J connectivity index is 3.72. The summed E-state index contributed by atoms with van der Waals surface area (Å²) >= 11 is 0. The smallest absolute Gasteiger partial charge is 0.0304 e. The van der Waals surface area contributed by atoms with Gasteiger partial charge in [-0.2, -0.15) is 0 Å². The summed E-state index contributed by atoms with van der Waals surface area (Å²) in [5.74, 6) is 0. The molecular weight excluding hydrogens is 88.1 g/mol. The third kappa shape index (κ3) is 2.89. The maximum Gasteiger partial charge on any atom is 0.0304 e. The molecule has 2 nitrogen and oxygen atoms in total. The molecule has 0 amide bonds. The van der Waals surface area contributed by atoms with Gasteiger partial charge in [0.05, 0.1) is 0 Å². The molecule has 0 aliphatic heterocycles. The molecule has 0 saturated carbocycles. The van der Waals surface area contributed by atoms with Crippen LogP contribution in [0, 0.1) is 5.41 Å². The highest BCUT2D eigenvalue weighted by atomic mass is 14.6. The van der Waals surface area contributed by atoms with Crippen molar-refractivity contribution < 1.29 is 0 Å². The standard InChI is InChI=1S/C5H8N2/c1-5(3-6)4-7-2/h3-4,6H,2H2,1H3/b5-4-,6-3?. The monoisotopic (exact) mass is 96.1 g/mol. The van der Waals surface area contributed by atoms with Gasteiger partial charge in [-0.15, -0.1) is 0 Å². The quantitative estimate of drug-likeness (QED) is 0.502. The van der Waals surface area contributed by atoms with Crippen molar-refractivity contribution in [2.75, 3.05) is 0 Å². The van der Waals surface area contributed by atoms with E-state index in [9.17, 15) is 0 Å². The van der Waals surface area contributed by atoms with Crippen molar-refractivity contribution >= 4 is 12.9 Å². The molecule has 0 fully saturated rings. The molecule has 0 spiro atoms. The molecule has 0 aromatic rings. The van der Waals surface area contributed by atoms with E-state index in [0.29, 0.717) is 0 Å². The molecule has 0 heterocycles. The largest absolute Gasteiger partial charge is 0.308 e. The van der Waals surface area contributed by atoms with Gasteiger partial charge in [0.2, 0.25) is 0 Å². The lowest BCUT2D eigenvalue weighted by molar-refractivity contribution is 1.45. The van der Waals surface area contributed by atoms with Crippen molar-refractivity contribution in [1.82, 2.24) is 0 Å². The number of hydrogen-bond donors (Lipinski definition) is 1. The van der Waals surface area contributed by atoms with Gasteiger partial charge in [-0.25, -0.2) is 0 Å². The molecule has 38 valence electrons. The van der Waals surface area contributed by atoms with Crippen LogP contribution >= 0.6 is 0 Å². The molecule has 0 aliphatic rings. The number of nitrogens with one attached hydrogen (secondary N) is 1. The van der Waals surface area contributed by atoms with Crippen molar-refractivity contribution in [2.24, 2.45) is 4.99 Å². The van der Waals surface area contributed by atoms with Crippen molar-refractivity contribution in [1.29, 1.82) is 5.41 Å². The van der Waals surface area contributed by atoms with Crippen LogP contribution in [0.1, 0.15) is 6.92 Å². The molecule has 0 aliphatic carbocycles. The first kappa shape index (κ1) is 6.08. The van der Waals surface area contributed by atoms with E-state index in [4.69, 9.17) is 5.41 Å². The Labute approximate surface area is 43.1 Å². The third-order valence-electron chi connectivity index (χ3n) is 0.523. The van der Waals surface area contributed by atoms with Gasteiger partial charge in [0.25, 0.3) is 0 Å². The molecule has 0 aromatic carbocycles. The van der Waals surface area contributed by atoms with Crippen LogP contribution in [0.3, 0.4) is 0 Å². The lowest BCUT2D eigenvalue weighted by Crippen LogP contribution is -1.69. The third-order valence-corrected chi connectivity index (χ3v) is 0.523. The van der Waals surface area contributed by atoms with Gasteiger partial charge in [0.1, 0.15) is 0 Å². The van der Waals surface area contributed by atoms with Crippen LogP contribution in [-0.4, -0.2) is 12.9 Å². The van der Waals surface area contributed by atoms with E-state index in [-0.39, 0.29) is 0 Å². The second-order valence-corrected chi connectivity index (χ2v) is 1.20. The minimum atomic E-state index is 0.815. The zero-order valence-electron chi connectivity index (χ0n) is 4.31. The molecule has 0 radical (unpaired) electrons. The topological polar surface area (TPSA) is 36.2 Å². The van der Waals surface area contributed by atoms with Gasteiger partial charge < -0.3 is 5.41 Å². The first-order chi connectivity index (χ1) is 3.31. The van der Waals surface area contributed by atoms with Crippen molar-refractivity contribution in [3.8, 4) is 0 Å². The van der Waals surface area contributed by atoms with E-state index < -0.39 is 0 Å².